The standard InChI is InChI=1S/C27H23BrF2N2O4S/c1-31-27(33)25-20-13-19(16-3-4-16)23(14-24(20)36-26(25)17-5-7-18(29)8-6-17)32-37(34,35)11-10-15-2-9-21(28)22(30)12-15/h2,5-9,12-14,16,32H,3-4,10-11H2,1H3,(H,31,33). The van der Waals surface area contributed by atoms with Crippen LogP contribution in [-0.2, 0) is 16.4 Å². The second kappa shape index (κ2) is 9.90. The Labute approximate surface area is 221 Å². The van der Waals surface area contributed by atoms with Crippen molar-refractivity contribution in [2.24, 2.45) is 0 Å². The lowest BCUT2D eigenvalue weighted by Crippen LogP contribution is -2.19. The van der Waals surface area contributed by atoms with Crippen LogP contribution >= 0.6 is 15.9 Å². The van der Waals surface area contributed by atoms with Crippen LogP contribution in [0, 0.1) is 11.6 Å². The number of anilines is 1. The quantitative estimate of drug-likeness (QED) is 0.250. The predicted molar refractivity (Wildman–Crippen MR) is 142 cm³/mol. The van der Waals surface area contributed by atoms with E-state index in [1.165, 1.54) is 37.4 Å². The Hall–Kier alpha value is -3.24. The Morgan fingerprint density at radius 3 is 2.46 bits per heavy atom. The molecule has 3 aromatic carbocycles. The fourth-order valence-corrected chi connectivity index (χ4v) is 5.67. The number of hydrogen-bond donors (Lipinski definition) is 2. The summed E-state index contributed by atoms with van der Waals surface area (Å²) in [6.07, 6.45) is 1.93. The highest BCUT2D eigenvalue weighted by molar-refractivity contribution is 9.10. The third kappa shape index (κ3) is 5.40. The maximum Gasteiger partial charge on any atom is 0.255 e. The third-order valence-corrected chi connectivity index (χ3v) is 8.26. The molecule has 0 unspecified atom stereocenters. The Morgan fingerprint density at radius 2 is 1.81 bits per heavy atom. The summed E-state index contributed by atoms with van der Waals surface area (Å²) < 4.78 is 62.4. The monoisotopic (exact) mass is 588 g/mol. The van der Waals surface area contributed by atoms with Gasteiger partial charge in [-0.25, -0.2) is 17.2 Å². The Balaban J connectivity index is 1.52. The lowest BCUT2D eigenvalue weighted by Gasteiger charge is -2.13. The van der Waals surface area contributed by atoms with Crippen molar-refractivity contribution in [2.75, 3.05) is 17.5 Å². The fourth-order valence-electron chi connectivity index (χ4n) is 4.30. The van der Waals surface area contributed by atoms with Gasteiger partial charge in [-0.1, -0.05) is 6.07 Å². The molecule has 1 aromatic heterocycles. The maximum atomic E-state index is 13.8. The van der Waals surface area contributed by atoms with Crippen LogP contribution in [0.4, 0.5) is 14.5 Å². The molecule has 0 bridgehead atoms. The molecule has 6 nitrogen and oxygen atoms in total. The normalized spacial score (nSPS) is 13.6. The molecule has 192 valence electrons. The van der Waals surface area contributed by atoms with Crippen LogP contribution in [0.15, 0.2) is 63.5 Å². The third-order valence-electron chi connectivity index (χ3n) is 6.35. The van der Waals surface area contributed by atoms with Crippen LogP contribution in [0.25, 0.3) is 22.3 Å². The van der Waals surface area contributed by atoms with Crippen molar-refractivity contribution < 1.29 is 26.4 Å². The summed E-state index contributed by atoms with van der Waals surface area (Å²) in [5.41, 5.74) is 2.89. The number of nitrogens with one attached hydrogen (secondary N) is 2. The van der Waals surface area contributed by atoms with Crippen LogP contribution in [0.1, 0.15) is 40.2 Å². The van der Waals surface area contributed by atoms with Gasteiger partial charge in [-0.2, -0.15) is 0 Å². The van der Waals surface area contributed by atoms with Crippen molar-refractivity contribution in [1.82, 2.24) is 5.32 Å². The van der Waals surface area contributed by atoms with E-state index >= 15 is 0 Å². The number of aryl methyl sites for hydroxylation is 1. The summed E-state index contributed by atoms with van der Waals surface area (Å²) in [5.74, 6) is -1.04. The van der Waals surface area contributed by atoms with Crippen molar-refractivity contribution in [3.05, 3.63) is 87.4 Å². The maximum absolute atomic E-state index is 13.8. The number of amides is 1. The van der Waals surface area contributed by atoms with E-state index in [0.29, 0.717) is 37.8 Å². The number of halogens is 3. The zero-order valence-corrected chi connectivity index (χ0v) is 22.2. The number of sulfonamides is 1. The number of fused-ring (bicyclic) bond motifs is 1. The molecule has 1 aliphatic carbocycles. The van der Waals surface area contributed by atoms with Gasteiger partial charge in [-0.3, -0.25) is 9.52 Å². The molecule has 10 heteroatoms. The largest absolute Gasteiger partial charge is 0.455 e. The van der Waals surface area contributed by atoms with Gasteiger partial charge in [0.15, 0.2) is 0 Å². The number of benzene rings is 3. The van der Waals surface area contributed by atoms with E-state index in [9.17, 15) is 22.0 Å². The van der Waals surface area contributed by atoms with Gasteiger partial charge in [0.1, 0.15) is 23.0 Å². The molecule has 4 aromatic rings. The first-order chi connectivity index (χ1) is 17.6. The first kappa shape index (κ1) is 25.4. The molecule has 1 fully saturated rings. The van der Waals surface area contributed by atoms with Gasteiger partial charge >= 0.3 is 0 Å². The van der Waals surface area contributed by atoms with Crippen LogP contribution in [0.5, 0.6) is 0 Å². The Bertz CT molecular complexity index is 1610. The topological polar surface area (TPSA) is 88.4 Å². The highest BCUT2D eigenvalue weighted by Gasteiger charge is 2.30. The molecule has 0 aliphatic heterocycles. The van der Waals surface area contributed by atoms with Crippen molar-refractivity contribution in [3.63, 3.8) is 0 Å². The van der Waals surface area contributed by atoms with E-state index in [-0.39, 0.29) is 29.8 Å². The average molecular weight is 589 g/mol. The summed E-state index contributed by atoms with van der Waals surface area (Å²) in [5, 5.41) is 3.17. The van der Waals surface area contributed by atoms with Gasteiger partial charge in [0.2, 0.25) is 10.0 Å². The molecule has 0 atom stereocenters. The molecule has 1 amide bonds. The average Bonchev–Trinajstić information content (AvgIpc) is 3.65. The first-order valence-corrected chi connectivity index (χ1v) is 14.1. The smallest absolute Gasteiger partial charge is 0.255 e. The summed E-state index contributed by atoms with van der Waals surface area (Å²) in [6, 6.07) is 13.5. The zero-order chi connectivity index (χ0) is 26.3. The summed E-state index contributed by atoms with van der Waals surface area (Å²) in [6.45, 7) is 0. The second-order valence-electron chi connectivity index (χ2n) is 9.02. The zero-order valence-electron chi connectivity index (χ0n) is 19.8. The van der Waals surface area contributed by atoms with Crippen molar-refractivity contribution in [1.29, 1.82) is 0 Å². The molecule has 1 heterocycles. The molecule has 5 rings (SSSR count). The van der Waals surface area contributed by atoms with Crippen LogP contribution in [0.3, 0.4) is 0 Å². The number of carbonyl (C=O) groups is 1. The summed E-state index contributed by atoms with van der Waals surface area (Å²) >= 11 is 3.09. The number of furan rings is 1. The number of rotatable bonds is 8. The highest BCUT2D eigenvalue weighted by Crippen LogP contribution is 2.46. The van der Waals surface area contributed by atoms with E-state index in [0.717, 1.165) is 18.4 Å². The Morgan fingerprint density at radius 1 is 1.08 bits per heavy atom. The van der Waals surface area contributed by atoms with Gasteiger partial charge in [-0.05, 0) is 94.7 Å². The summed E-state index contributed by atoms with van der Waals surface area (Å²) in [4.78, 5) is 12.8. The SMILES string of the molecule is CNC(=O)c1c(-c2ccc(F)cc2)oc2cc(NS(=O)(=O)CCc3ccc(Br)c(F)c3)c(C3CC3)cc12. The van der Waals surface area contributed by atoms with Gasteiger partial charge in [-0.15, -0.1) is 0 Å². The van der Waals surface area contributed by atoms with E-state index in [1.807, 2.05) is 0 Å². The van der Waals surface area contributed by atoms with Crippen molar-refractivity contribution in [2.45, 2.75) is 25.2 Å². The first-order valence-electron chi connectivity index (χ1n) is 11.7. The van der Waals surface area contributed by atoms with Crippen molar-refractivity contribution >= 4 is 48.5 Å². The van der Waals surface area contributed by atoms with Crippen molar-refractivity contribution in [3.8, 4) is 11.3 Å². The molecule has 0 radical (unpaired) electrons. The molecule has 1 saturated carbocycles. The highest BCUT2D eigenvalue weighted by atomic mass is 79.9. The second-order valence-corrected chi connectivity index (χ2v) is 11.7. The lowest BCUT2D eigenvalue weighted by atomic mass is 10.0. The van der Waals surface area contributed by atoms with Gasteiger partial charge in [0, 0.05) is 24.1 Å². The molecule has 2 N–H and O–H groups in total. The minimum atomic E-state index is -3.78. The van der Waals surface area contributed by atoms with E-state index in [1.54, 1.807) is 24.3 Å². The van der Waals surface area contributed by atoms with Crippen LogP contribution in [-0.4, -0.2) is 27.1 Å². The Kier molecular flexibility index (Phi) is 6.80. The minimum absolute atomic E-state index is 0.136. The van der Waals surface area contributed by atoms with Gasteiger partial charge in [0.25, 0.3) is 5.91 Å². The molecule has 1 aliphatic rings. The molecule has 0 spiro atoms. The number of carbonyl (C=O) groups excluding carboxylic acids is 1. The predicted octanol–water partition coefficient (Wildman–Crippen LogP) is 6.36. The van der Waals surface area contributed by atoms with Crippen LogP contribution < -0.4 is 10.0 Å². The van der Waals surface area contributed by atoms with Crippen LogP contribution in [0.2, 0.25) is 0 Å². The van der Waals surface area contributed by atoms with E-state index < -0.39 is 21.7 Å². The van der Waals surface area contributed by atoms with Gasteiger partial charge < -0.3 is 9.73 Å². The molecule has 0 saturated heterocycles. The lowest BCUT2D eigenvalue weighted by molar-refractivity contribution is 0.0964. The summed E-state index contributed by atoms with van der Waals surface area (Å²) in [7, 11) is -2.27. The fraction of sp³-hybridized carbons (Fsp3) is 0.222. The number of hydrogen-bond acceptors (Lipinski definition) is 4. The molecule has 37 heavy (non-hydrogen) atoms. The van der Waals surface area contributed by atoms with E-state index in [4.69, 9.17) is 4.42 Å². The molecular formula is C27H23BrF2N2O4S. The minimum Gasteiger partial charge on any atom is -0.455 e. The van der Waals surface area contributed by atoms with Gasteiger partial charge in [0.05, 0.1) is 21.5 Å². The molecular weight excluding hydrogens is 566 g/mol. The van der Waals surface area contributed by atoms with E-state index in [2.05, 4.69) is 26.0 Å².